The first kappa shape index (κ1) is 14.4. The zero-order valence-corrected chi connectivity index (χ0v) is 10.7. The van der Waals surface area contributed by atoms with Gasteiger partial charge < -0.3 is 19.3 Å². The van der Waals surface area contributed by atoms with E-state index >= 15 is 0 Å². The van der Waals surface area contributed by atoms with Crippen LogP contribution in [0.3, 0.4) is 0 Å². The SMILES string of the molecule is COC(=O)CC1CCC(O)C1CC(OC)OC. The van der Waals surface area contributed by atoms with Crippen LogP contribution in [-0.4, -0.2) is 44.8 Å². The highest BCUT2D eigenvalue weighted by molar-refractivity contribution is 5.69. The van der Waals surface area contributed by atoms with E-state index in [1.54, 1.807) is 14.2 Å². The molecule has 3 unspecified atom stereocenters. The van der Waals surface area contributed by atoms with Crippen LogP contribution in [0.1, 0.15) is 25.7 Å². The van der Waals surface area contributed by atoms with Crippen molar-refractivity contribution < 1.29 is 24.1 Å². The van der Waals surface area contributed by atoms with E-state index in [0.717, 1.165) is 12.8 Å². The Labute approximate surface area is 102 Å². The number of aliphatic hydroxyl groups excluding tert-OH is 1. The summed E-state index contributed by atoms with van der Waals surface area (Å²) in [6.07, 6.45) is 1.84. The normalized spacial score (nSPS) is 28.6. The van der Waals surface area contributed by atoms with Crippen molar-refractivity contribution in [1.29, 1.82) is 0 Å². The highest BCUT2D eigenvalue weighted by atomic mass is 16.7. The summed E-state index contributed by atoms with van der Waals surface area (Å²) in [4.78, 5) is 11.3. The van der Waals surface area contributed by atoms with E-state index in [2.05, 4.69) is 4.74 Å². The second-order valence-corrected chi connectivity index (χ2v) is 4.49. The van der Waals surface area contributed by atoms with Gasteiger partial charge in [0.05, 0.1) is 13.2 Å². The Morgan fingerprint density at radius 1 is 1.29 bits per heavy atom. The molecule has 0 radical (unpaired) electrons. The van der Waals surface area contributed by atoms with E-state index in [9.17, 15) is 9.90 Å². The molecular formula is C12H22O5. The Bertz CT molecular complexity index is 239. The van der Waals surface area contributed by atoms with Crippen LogP contribution in [0.25, 0.3) is 0 Å². The predicted octanol–water partition coefficient (Wildman–Crippen LogP) is 0.946. The maximum Gasteiger partial charge on any atom is 0.305 e. The lowest BCUT2D eigenvalue weighted by atomic mass is 9.89. The second-order valence-electron chi connectivity index (χ2n) is 4.49. The fourth-order valence-electron chi connectivity index (χ4n) is 2.54. The molecule has 0 bridgehead atoms. The molecule has 1 aliphatic carbocycles. The monoisotopic (exact) mass is 246 g/mol. The predicted molar refractivity (Wildman–Crippen MR) is 61.3 cm³/mol. The molecule has 0 amide bonds. The number of rotatable bonds is 6. The summed E-state index contributed by atoms with van der Waals surface area (Å²) in [5.74, 6) is -0.0234. The molecule has 0 heterocycles. The molecule has 1 aliphatic rings. The van der Waals surface area contributed by atoms with Gasteiger partial charge in [-0.2, -0.15) is 0 Å². The third-order valence-electron chi connectivity index (χ3n) is 3.58. The second kappa shape index (κ2) is 6.93. The molecule has 0 aromatic heterocycles. The number of hydrogen-bond acceptors (Lipinski definition) is 5. The molecule has 0 aromatic carbocycles. The molecule has 100 valence electrons. The van der Waals surface area contributed by atoms with Crippen molar-refractivity contribution in [1.82, 2.24) is 0 Å². The summed E-state index contributed by atoms with van der Waals surface area (Å²) in [6.45, 7) is 0. The van der Waals surface area contributed by atoms with Gasteiger partial charge >= 0.3 is 5.97 Å². The van der Waals surface area contributed by atoms with Crippen LogP contribution in [0, 0.1) is 11.8 Å². The molecule has 0 spiro atoms. The Kier molecular flexibility index (Phi) is 5.88. The van der Waals surface area contributed by atoms with Gasteiger partial charge in [-0.15, -0.1) is 0 Å². The van der Waals surface area contributed by atoms with Gasteiger partial charge in [-0.3, -0.25) is 4.79 Å². The quantitative estimate of drug-likeness (QED) is 0.558. The van der Waals surface area contributed by atoms with E-state index in [0.29, 0.717) is 12.8 Å². The lowest BCUT2D eigenvalue weighted by Crippen LogP contribution is -2.28. The van der Waals surface area contributed by atoms with Crippen molar-refractivity contribution in [3.8, 4) is 0 Å². The Hall–Kier alpha value is -0.650. The largest absolute Gasteiger partial charge is 0.469 e. The van der Waals surface area contributed by atoms with Crippen molar-refractivity contribution in [3.63, 3.8) is 0 Å². The summed E-state index contributed by atoms with van der Waals surface area (Å²) >= 11 is 0. The van der Waals surface area contributed by atoms with Crippen molar-refractivity contribution in [3.05, 3.63) is 0 Å². The van der Waals surface area contributed by atoms with Crippen LogP contribution >= 0.6 is 0 Å². The molecule has 1 N–H and O–H groups in total. The molecule has 0 aromatic rings. The number of carbonyl (C=O) groups is 1. The Morgan fingerprint density at radius 3 is 2.47 bits per heavy atom. The number of carbonyl (C=O) groups excluding carboxylic acids is 1. The van der Waals surface area contributed by atoms with Gasteiger partial charge in [0, 0.05) is 27.1 Å². The highest BCUT2D eigenvalue weighted by Crippen LogP contribution is 2.38. The first-order valence-electron chi connectivity index (χ1n) is 5.92. The fraction of sp³-hybridized carbons (Fsp3) is 0.917. The van der Waals surface area contributed by atoms with Gasteiger partial charge in [0.1, 0.15) is 0 Å². The van der Waals surface area contributed by atoms with Crippen LogP contribution in [0.4, 0.5) is 0 Å². The van der Waals surface area contributed by atoms with E-state index < -0.39 is 0 Å². The molecule has 1 fully saturated rings. The fourth-order valence-corrected chi connectivity index (χ4v) is 2.54. The summed E-state index contributed by atoms with van der Waals surface area (Å²) in [6, 6.07) is 0. The molecule has 1 saturated carbocycles. The molecular weight excluding hydrogens is 224 g/mol. The Morgan fingerprint density at radius 2 is 1.94 bits per heavy atom. The third kappa shape index (κ3) is 3.94. The van der Waals surface area contributed by atoms with Crippen molar-refractivity contribution in [2.45, 2.75) is 38.1 Å². The molecule has 5 nitrogen and oxygen atoms in total. The number of esters is 1. The van der Waals surface area contributed by atoms with Crippen molar-refractivity contribution >= 4 is 5.97 Å². The average Bonchev–Trinajstić information content (AvgIpc) is 2.67. The van der Waals surface area contributed by atoms with Crippen LogP contribution in [-0.2, 0) is 19.0 Å². The highest BCUT2D eigenvalue weighted by Gasteiger charge is 2.37. The molecule has 17 heavy (non-hydrogen) atoms. The first-order chi connectivity index (χ1) is 8.12. The smallest absolute Gasteiger partial charge is 0.305 e. The van der Waals surface area contributed by atoms with Gasteiger partial charge in [0.25, 0.3) is 0 Å². The van der Waals surface area contributed by atoms with Crippen molar-refractivity contribution in [2.75, 3.05) is 21.3 Å². The molecule has 5 heteroatoms. The van der Waals surface area contributed by atoms with Crippen molar-refractivity contribution in [2.24, 2.45) is 11.8 Å². The minimum atomic E-state index is -0.377. The Balaban J connectivity index is 2.55. The topological polar surface area (TPSA) is 65.0 Å². The maximum atomic E-state index is 11.3. The molecule has 0 aliphatic heterocycles. The summed E-state index contributed by atoms with van der Waals surface area (Å²) < 4.78 is 14.9. The van der Waals surface area contributed by atoms with E-state index in [4.69, 9.17) is 9.47 Å². The van der Waals surface area contributed by atoms with Gasteiger partial charge in [0.2, 0.25) is 0 Å². The molecule has 1 rings (SSSR count). The first-order valence-corrected chi connectivity index (χ1v) is 5.92. The van der Waals surface area contributed by atoms with Gasteiger partial charge in [-0.1, -0.05) is 0 Å². The van der Waals surface area contributed by atoms with Crippen LogP contribution in [0.15, 0.2) is 0 Å². The van der Waals surface area contributed by atoms with Gasteiger partial charge in [0.15, 0.2) is 6.29 Å². The number of aliphatic hydroxyl groups is 1. The third-order valence-corrected chi connectivity index (χ3v) is 3.58. The molecule has 0 saturated heterocycles. The van der Waals surface area contributed by atoms with Crippen LogP contribution < -0.4 is 0 Å². The minimum absolute atomic E-state index is 0.0407. The number of hydrogen-bond donors (Lipinski definition) is 1. The van der Waals surface area contributed by atoms with E-state index in [1.165, 1.54) is 7.11 Å². The van der Waals surface area contributed by atoms with Crippen LogP contribution in [0.2, 0.25) is 0 Å². The maximum absolute atomic E-state index is 11.3. The summed E-state index contributed by atoms with van der Waals surface area (Å²) in [5, 5.41) is 9.92. The number of methoxy groups -OCH3 is 3. The summed E-state index contributed by atoms with van der Waals surface area (Å²) in [7, 11) is 4.53. The standard InChI is InChI=1S/C12H22O5/c1-15-11(14)6-8-4-5-10(13)9(8)7-12(16-2)17-3/h8-10,12-13H,4-7H2,1-3H3. The lowest BCUT2D eigenvalue weighted by molar-refractivity contribution is -0.144. The van der Waals surface area contributed by atoms with E-state index in [-0.39, 0.29) is 30.2 Å². The van der Waals surface area contributed by atoms with Gasteiger partial charge in [-0.05, 0) is 24.7 Å². The van der Waals surface area contributed by atoms with Gasteiger partial charge in [-0.25, -0.2) is 0 Å². The number of ether oxygens (including phenoxy) is 3. The average molecular weight is 246 g/mol. The van der Waals surface area contributed by atoms with Crippen LogP contribution in [0.5, 0.6) is 0 Å². The van der Waals surface area contributed by atoms with E-state index in [1.807, 2.05) is 0 Å². The zero-order chi connectivity index (χ0) is 12.8. The minimum Gasteiger partial charge on any atom is -0.469 e. The summed E-state index contributed by atoms with van der Waals surface area (Å²) in [5.41, 5.74) is 0. The lowest BCUT2D eigenvalue weighted by Gasteiger charge is -2.25. The zero-order valence-electron chi connectivity index (χ0n) is 10.7. The molecule has 3 atom stereocenters.